The summed E-state index contributed by atoms with van der Waals surface area (Å²) in [5, 5.41) is 5.32. The fourth-order valence-corrected chi connectivity index (χ4v) is 4.64. The van der Waals surface area contributed by atoms with Gasteiger partial charge in [-0.05, 0) is 65.5 Å². The summed E-state index contributed by atoms with van der Waals surface area (Å²) in [5.41, 5.74) is 5.09. The SMILES string of the molecule is CC(C)(C)OC(=O)NC(CC(N)=O)C(=O)N(C1CC1)C(C(=O)NC(Cc1ccccc1)C(=O)OC(C)(C)C)c1ccccc1. The fourth-order valence-electron chi connectivity index (χ4n) is 4.64. The van der Waals surface area contributed by atoms with Crippen LogP contribution in [-0.2, 0) is 35.1 Å². The zero-order chi connectivity index (χ0) is 32.7. The van der Waals surface area contributed by atoms with Gasteiger partial charge in [-0.25, -0.2) is 9.59 Å². The number of alkyl carbamates (subject to hydrolysis) is 1. The number of carbonyl (C=O) groups excluding carboxylic acids is 5. The monoisotopic (exact) mass is 608 g/mol. The molecule has 0 aromatic heterocycles. The number of hydrogen-bond acceptors (Lipinski definition) is 7. The summed E-state index contributed by atoms with van der Waals surface area (Å²) >= 11 is 0. The van der Waals surface area contributed by atoms with E-state index < -0.39 is 65.5 Å². The van der Waals surface area contributed by atoms with Gasteiger partial charge in [0, 0.05) is 12.5 Å². The summed E-state index contributed by atoms with van der Waals surface area (Å²) in [4.78, 5) is 67.8. The number of carbonyl (C=O) groups is 5. The molecule has 2 aromatic carbocycles. The summed E-state index contributed by atoms with van der Waals surface area (Å²) < 4.78 is 11.0. The van der Waals surface area contributed by atoms with Crippen molar-refractivity contribution in [2.45, 2.75) is 103 Å². The van der Waals surface area contributed by atoms with Crippen molar-refractivity contribution in [1.82, 2.24) is 15.5 Å². The van der Waals surface area contributed by atoms with E-state index in [1.807, 2.05) is 30.3 Å². The van der Waals surface area contributed by atoms with Gasteiger partial charge in [-0.15, -0.1) is 0 Å². The van der Waals surface area contributed by atoms with Crippen molar-refractivity contribution in [3.63, 3.8) is 0 Å². The first-order chi connectivity index (χ1) is 20.5. The van der Waals surface area contributed by atoms with Gasteiger partial charge in [0.25, 0.3) is 0 Å². The molecule has 0 radical (unpaired) electrons. The number of ether oxygens (including phenoxy) is 2. The minimum absolute atomic E-state index is 0.158. The Kier molecular flexibility index (Phi) is 11.1. The van der Waals surface area contributed by atoms with E-state index in [-0.39, 0.29) is 12.5 Å². The Labute approximate surface area is 258 Å². The van der Waals surface area contributed by atoms with E-state index in [0.29, 0.717) is 18.4 Å². The molecule has 1 aliphatic rings. The molecule has 11 heteroatoms. The fraction of sp³-hybridized carbons (Fsp3) is 0.485. The summed E-state index contributed by atoms with van der Waals surface area (Å²) in [5.74, 6) is -2.72. The first kappa shape index (κ1) is 34.1. The van der Waals surface area contributed by atoms with Gasteiger partial charge in [0.1, 0.15) is 29.3 Å². The Balaban J connectivity index is 2.00. The minimum Gasteiger partial charge on any atom is -0.458 e. The predicted molar refractivity (Wildman–Crippen MR) is 164 cm³/mol. The second-order valence-corrected chi connectivity index (χ2v) is 12.9. The van der Waals surface area contributed by atoms with Crippen LogP contribution in [0.15, 0.2) is 60.7 Å². The Morgan fingerprint density at radius 3 is 1.86 bits per heavy atom. The van der Waals surface area contributed by atoms with Crippen molar-refractivity contribution >= 4 is 29.8 Å². The van der Waals surface area contributed by atoms with Crippen LogP contribution in [0, 0.1) is 0 Å². The van der Waals surface area contributed by atoms with E-state index in [1.54, 1.807) is 71.9 Å². The van der Waals surface area contributed by atoms with E-state index in [1.165, 1.54) is 4.90 Å². The average molecular weight is 609 g/mol. The molecule has 1 fully saturated rings. The number of amides is 4. The summed E-state index contributed by atoms with van der Waals surface area (Å²) in [6, 6.07) is 13.9. The van der Waals surface area contributed by atoms with Crippen LogP contribution >= 0.6 is 0 Å². The van der Waals surface area contributed by atoms with Crippen LogP contribution in [0.4, 0.5) is 4.79 Å². The van der Waals surface area contributed by atoms with Gasteiger partial charge in [0.2, 0.25) is 17.7 Å². The Morgan fingerprint density at radius 1 is 0.818 bits per heavy atom. The molecule has 238 valence electrons. The quantitative estimate of drug-likeness (QED) is 0.311. The molecule has 4 amide bonds. The van der Waals surface area contributed by atoms with Gasteiger partial charge >= 0.3 is 12.1 Å². The molecule has 4 N–H and O–H groups in total. The Bertz CT molecular complexity index is 1320. The average Bonchev–Trinajstić information content (AvgIpc) is 3.74. The normalized spacial score (nSPS) is 15.2. The first-order valence-corrected chi connectivity index (χ1v) is 14.8. The molecule has 3 atom stereocenters. The van der Waals surface area contributed by atoms with E-state index in [2.05, 4.69) is 10.6 Å². The topological polar surface area (TPSA) is 157 Å². The van der Waals surface area contributed by atoms with Crippen LogP contribution in [0.2, 0.25) is 0 Å². The summed E-state index contributed by atoms with van der Waals surface area (Å²) in [6.07, 6.45) is -0.0274. The lowest BCUT2D eigenvalue weighted by Crippen LogP contribution is -2.56. The standard InChI is InChI=1S/C33H44N4O7/c1-32(2,3)43-30(41)25(19-21-13-9-7-10-14-21)35-28(39)27(22-15-11-8-12-16-22)37(23-17-18-23)29(40)24(20-26(34)38)36-31(42)44-33(4,5)6/h7-16,23-25,27H,17-20H2,1-6H3,(H2,34,38)(H,35,39)(H,36,42). The molecule has 3 unspecified atom stereocenters. The molecule has 0 spiro atoms. The van der Waals surface area contributed by atoms with Crippen molar-refractivity contribution in [2.75, 3.05) is 0 Å². The zero-order valence-electron chi connectivity index (χ0n) is 26.3. The molecule has 11 nitrogen and oxygen atoms in total. The van der Waals surface area contributed by atoms with Crippen LogP contribution in [0.5, 0.6) is 0 Å². The highest BCUT2D eigenvalue weighted by Gasteiger charge is 2.45. The molecule has 44 heavy (non-hydrogen) atoms. The molecule has 2 aromatic rings. The number of hydrogen-bond donors (Lipinski definition) is 3. The van der Waals surface area contributed by atoms with Gasteiger partial charge in [0.15, 0.2) is 0 Å². The van der Waals surface area contributed by atoms with E-state index >= 15 is 0 Å². The van der Waals surface area contributed by atoms with Crippen molar-refractivity contribution in [1.29, 1.82) is 0 Å². The lowest BCUT2D eigenvalue weighted by atomic mass is 10.00. The lowest BCUT2D eigenvalue weighted by Gasteiger charge is -2.35. The zero-order valence-corrected chi connectivity index (χ0v) is 26.3. The van der Waals surface area contributed by atoms with Crippen LogP contribution in [0.25, 0.3) is 0 Å². The third kappa shape index (κ3) is 10.7. The minimum atomic E-state index is -1.38. The Morgan fingerprint density at radius 2 is 1.36 bits per heavy atom. The second kappa shape index (κ2) is 14.4. The summed E-state index contributed by atoms with van der Waals surface area (Å²) in [6.45, 7) is 10.2. The van der Waals surface area contributed by atoms with Crippen molar-refractivity contribution in [3.05, 3.63) is 71.8 Å². The number of benzene rings is 2. The van der Waals surface area contributed by atoms with Gasteiger partial charge in [-0.1, -0.05) is 60.7 Å². The number of nitrogens with one attached hydrogen (secondary N) is 2. The molecule has 0 saturated heterocycles. The van der Waals surface area contributed by atoms with Crippen LogP contribution in [-0.4, -0.2) is 64.0 Å². The van der Waals surface area contributed by atoms with Crippen LogP contribution in [0.3, 0.4) is 0 Å². The Hall–Kier alpha value is -4.41. The molecule has 3 rings (SSSR count). The van der Waals surface area contributed by atoms with E-state index in [4.69, 9.17) is 15.2 Å². The maximum absolute atomic E-state index is 14.2. The summed E-state index contributed by atoms with van der Waals surface area (Å²) in [7, 11) is 0. The number of esters is 1. The van der Waals surface area contributed by atoms with Crippen molar-refractivity contribution in [3.8, 4) is 0 Å². The molecular formula is C33H44N4O7. The highest BCUT2D eigenvalue weighted by Crippen LogP contribution is 2.36. The molecular weight excluding hydrogens is 564 g/mol. The van der Waals surface area contributed by atoms with Gasteiger partial charge in [0.05, 0.1) is 6.42 Å². The number of primary amides is 1. The molecule has 0 aliphatic heterocycles. The third-order valence-electron chi connectivity index (χ3n) is 6.52. The smallest absolute Gasteiger partial charge is 0.408 e. The van der Waals surface area contributed by atoms with Gasteiger partial charge < -0.3 is 30.7 Å². The third-order valence-corrected chi connectivity index (χ3v) is 6.52. The van der Waals surface area contributed by atoms with Gasteiger partial charge in [-0.3, -0.25) is 14.4 Å². The predicted octanol–water partition coefficient (Wildman–Crippen LogP) is 3.56. The second-order valence-electron chi connectivity index (χ2n) is 12.9. The van der Waals surface area contributed by atoms with E-state index in [9.17, 15) is 24.0 Å². The maximum Gasteiger partial charge on any atom is 0.408 e. The van der Waals surface area contributed by atoms with Gasteiger partial charge in [-0.2, -0.15) is 0 Å². The highest BCUT2D eigenvalue weighted by molar-refractivity contribution is 5.96. The van der Waals surface area contributed by atoms with E-state index in [0.717, 1.165) is 5.56 Å². The number of rotatable bonds is 12. The molecule has 0 bridgehead atoms. The van der Waals surface area contributed by atoms with Crippen molar-refractivity contribution < 1.29 is 33.4 Å². The number of nitrogens with two attached hydrogens (primary N) is 1. The molecule has 1 saturated carbocycles. The number of nitrogens with zero attached hydrogens (tertiary/aromatic N) is 1. The largest absolute Gasteiger partial charge is 0.458 e. The maximum atomic E-state index is 14.2. The highest BCUT2D eigenvalue weighted by atomic mass is 16.6. The first-order valence-electron chi connectivity index (χ1n) is 14.8. The lowest BCUT2D eigenvalue weighted by molar-refractivity contribution is -0.159. The van der Waals surface area contributed by atoms with Crippen LogP contribution in [0.1, 0.15) is 78.0 Å². The van der Waals surface area contributed by atoms with Crippen LogP contribution < -0.4 is 16.4 Å². The molecule has 0 heterocycles. The van der Waals surface area contributed by atoms with Crippen molar-refractivity contribution in [2.24, 2.45) is 5.73 Å². The molecule has 1 aliphatic carbocycles.